The molecule has 0 radical (unpaired) electrons. The molecule has 0 spiro atoms. The predicted octanol–water partition coefficient (Wildman–Crippen LogP) is 1.13. The summed E-state index contributed by atoms with van der Waals surface area (Å²) in [6.07, 6.45) is 2.49. The molecule has 7 nitrogen and oxygen atoms in total. The Morgan fingerprint density at radius 2 is 2.27 bits per heavy atom. The summed E-state index contributed by atoms with van der Waals surface area (Å²) in [5, 5.41) is 12.1. The Hall–Kier alpha value is -2.83. The van der Waals surface area contributed by atoms with Crippen LogP contribution in [0.15, 0.2) is 41.5 Å². The van der Waals surface area contributed by atoms with Crippen molar-refractivity contribution in [3.05, 3.63) is 47.8 Å². The van der Waals surface area contributed by atoms with Gasteiger partial charge >= 0.3 is 0 Å². The first-order valence-corrected chi connectivity index (χ1v) is 7.12. The highest BCUT2D eigenvalue weighted by Crippen LogP contribution is 2.10. The van der Waals surface area contributed by atoms with Gasteiger partial charge in [0.05, 0.1) is 6.54 Å². The minimum Gasteiger partial charge on any atom is -0.370 e. The molecule has 0 atom stereocenters. The van der Waals surface area contributed by atoms with Crippen LogP contribution >= 0.6 is 0 Å². The number of aromatic nitrogens is 2. The van der Waals surface area contributed by atoms with E-state index in [4.69, 9.17) is 5.73 Å². The Kier molecular flexibility index (Phi) is 5.53. The highest BCUT2D eigenvalue weighted by molar-refractivity contribution is 5.93. The molecule has 0 aliphatic heterocycles. The zero-order valence-electron chi connectivity index (χ0n) is 12.5. The topological polar surface area (TPSA) is 108 Å². The molecule has 0 fully saturated rings. The third-order valence-electron chi connectivity index (χ3n) is 3.03. The van der Waals surface area contributed by atoms with Crippen LogP contribution in [-0.2, 0) is 6.42 Å². The lowest BCUT2D eigenvalue weighted by atomic mass is 10.1. The molecule has 0 saturated carbocycles. The number of rotatable bonds is 6. The smallest absolute Gasteiger partial charge is 0.269 e. The maximum Gasteiger partial charge on any atom is 0.269 e. The molecular formula is C15H20N6O. The highest BCUT2D eigenvalue weighted by Gasteiger charge is 2.04. The summed E-state index contributed by atoms with van der Waals surface area (Å²) in [7, 11) is 0. The maximum atomic E-state index is 11.6. The van der Waals surface area contributed by atoms with Crippen molar-refractivity contribution in [3.8, 4) is 0 Å². The van der Waals surface area contributed by atoms with E-state index in [2.05, 4.69) is 38.8 Å². The number of carbonyl (C=O) groups is 1. The number of nitrogens with zero attached hydrogens (tertiary/aromatic N) is 2. The normalized spacial score (nSPS) is 11.2. The van der Waals surface area contributed by atoms with Gasteiger partial charge in [0.15, 0.2) is 5.96 Å². The second kappa shape index (κ2) is 7.82. The van der Waals surface area contributed by atoms with Crippen LogP contribution in [0, 0.1) is 0 Å². The standard InChI is InChI=1S/C15H20N6O/c1-2-11-4-3-5-12(10-11)20-15(16)18-9-8-17-14(22)13-6-7-19-21-13/h3-7,10H,2,8-9H2,1H3,(H,17,22)(H,19,21)(H3,16,18,20). The van der Waals surface area contributed by atoms with Crippen LogP contribution < -0.4 is 16.4 Å². The number of aromatic amines is 1. The number of guanidine groups is 1. The number of anilines is 1. The number of nitrogens with two attached hydrogens (primary N) is 1. The van der Waals surface area contributed by atoms with E-state index in [0.29, 0.717) is 24.7 Å². The van der Waals surface area contributed by atoms with Crippen LogP contribution in [-0.4, -0.2) is 35.2 Å². The van der Waals surface area contributed by atoms with E-state index in [1.807, 2.05) is 18.2 Å². The monoisotopic (exact) mass is 300 g/mol. The molecule has 0 aliphatic rings. The van der Waals surface area contributed by atoms with Crippen molar-refractivity contribution >= 4 is 17.6 Å². The summed E-state index contributed by atoms with van der Waals surface area (Å²) in [5.41, 5.74) is 8.37. The van der Waals surface area contributed by atoms with Crippen molar-refractivity contribution in [2.75, 3.05) is 18.4 Å². The Balaban J connectivity index is 1.76. The van der Waals surface area contributed by atoms with Crippen LogP contribution in [0.1, 0.15) is 23.0 Å². The van der Waals surface area contributed by atoms with Crippen molar-refractivity contribution in [2.24, 2.45) is 10.7 Å². The molecule has 22 heavy (non-hydrogen) atoms. The Morgan fingerprint density at radius 3 is 3.00 bits per heavy atom. The number of amides is 1. The number of aryl methyl sites for hydroxylation is 1. The lowest BCUT2D eigenvalue weighted by Crippen LogP contribution is -2.28. The Bertz CT molecular complexity index is 635. The maximum absolute atomic E-state index is 11.6. The SMILES string of the molecule is CCc1cccc(NC(N)=NCCNC(=O)c2ccn[nH]2)c1. The number of benzene rings is 1. The average molecular weight is 300 g/mol. The first kappa shape index (κ1) is 15.6. The molecule has 2 rings (SSSR count). The Morgan fingerprint density at radius 1 is 1.41 bits per heavy atom. The molecule has 0 unspecified atom stereocenters. The van der Waals surface area contributed by atoms with Gasteiger partial charge in [-0.1, -0.05) is 19.1 Å². The summed E-state index contributed by atoms with van der Waals surface area (Å²) in [4.78, 5) is 15.8. The minimum atomic E-state index is -0.213. The number of nitrogens with one attached hydrogen (secondary N) is 3. The number of hydrogen-bond acceptors (Lipinski definition) is 3. The van der Waals surface area contributed by atoms with Crippen LogP contribution in [0.25, 0.3) is 0 Å². The van der Waals surface area contributed by atoms with E-state index >= 15 is 0 Å². The molecule has 0 bridgehead atoms. The van der Waals surface area contributed by atoms with Crippen LogP contribution in [0.5, 0.6) is 0 Å². The van der Waals surface area contributed by atoms with Crippen molar-refractivity contribution in [2.45, 2.75) is 13.3 Å². The number of hydrogen-bond donors (Lipinski definition) is 4. The minimum absolute atomic E-state index is 0.213. The number of H-pyrrole nitrogens is 1. The summed E-state index contributed by atoms with van der Waals surface area (Å²) < 4.78 is 0. The van der Waals surface area contributed by atoms with Gasteiger partial charge in [-0.2, -0.15) is 5.10 Å². The van der Waals surface area contributed by atoms with Crippen LogP contribution in [0.2, 0.25) is 0 Å². The molecule has 1 aromatic heterocycles. The van der Waals surface area contributed by atoms with E-state index in [1.54, 1.807) is 6.07 Å². The second-order valence-electron chi connectivity index (χ2n) is 4.67. The van der Waals surface area contributed by atoms with Gasteiger partial charge in [-0.3, -0.25) is 14.9 Å². The van der Waals surface area contributed by atoms with Gasteiger partial charge in [-0.25, -0.2) is 0 Å². The lowest BCUT2D eigenvalue weighted by Gasteiger charge is -2.07. The first-order valence-electron chi connectivity index (χ1n) is 7.12. The van der Waals surface area contributed by atoms with E-state index in [-0.39, 0.29) is 5.91 Å². The molecule has 2 aromatic rings. The average Bonchev–Trinajstić information content (AvgIpc) is 3.06. The van der Waals surface area contributed by atoms with E-state index in [0.717, 1.165) is 12.1 Å². The fraction of sp³-hybridized carbons (Fsp3) is 0.267. The van der Waals surface area contributed by atoms with E-state index in [1.165, 1.54) is 11.8 Å². The second-order valence-corrected chi connectivity index (χ2v) is 4.67. The summed E-state index contributed by atoms with van der Waals surface area (Å²) in [6.45, 7) is 2.89. The van der Waals surface area contributed by atoms with Crippen molar-refractivity contribution in [3.63, 3.8) is 0 Å². The van der Waals surface area contributed by atoms with E-state index < -0.39 is 0 Å². The first-order chi connectivity index (χ1) is 10.7. The molecule has 7 heteroatoms. The number of aliphatic imine (C=N–C) groups is 1. The third-order valence-corrected chi connectivity index (χ3v) is 3.03. The van der Waals surface area contributed by atoms with Gasteiger partial charge in [-0.05, 0) is 30.2 Å². The summed E-state index contributed by atoms with van der Waals surface area (Å²) in [5.74, 6) is 0.110. The van der Waals surface area contributed by atoms with Gasteiger partial charge in [0.1, 0.15) is 5.69 Å². The fourth-order valence-corrected chi connectivity index (χ4v) is 1.88. The number of carbonyl (C=O) groups excluding carboxylic acids is 1. The van der Waals surface area contributed by atoms with Crippen LogP contribution in [0.3, 0.4) is 0 Å². The molecule has 1 aromatic carbocycles. The van der Waals surface area contributed by atoms with Gasteiger partial charge in [0.25, 0.3) is 5.91 Å². The molecule has 0 saturated heterocycles. The zero-order chi connectivity index (χ0) is 15.8. The molecule has 1 heterocycles. The lowest BCUT2D eigenvalue weighted by molar-refractivity contribution is 0.0950. The van der Waals surface area contributed by atoms with Gasteiger partial charge in [0, 0.05) is 18.4 Å². The van der Waals surface area contributed by atoms with Gasteiger partial charge in [-0.15, -0.1) is 0 Å². The van der Waals surface area contributed by atoms with E-state index in [9.17, 15) is 4.79 Å². The van der Waals surface area contributed by atoms with Crippen molar-refractivity contribution in [1.29, 1.82) is 0 Å². The largest absolute Gasteiger partial charge is 0.370 e. The van der Waals surface area contributed by atoms with Gasteiger partial charge in [0.2, 0.25) is 0 Å². The molecule has 5 N–H and O–H groups in total. The quantitative estimate of drug-likeness (QED) is 0.364. The van der Waals surface area contributed by atoms with Crippen molar-refractivity contribution < 1.29 is 4.79 Å². The van der Waals surface area contributed by atoms with Gasteiger partial charge < -0.3 is 16.4 Å². The Labute approximate surface area is 129 Å². The third kappa shape index (κ3) is 4.62. The highest BCUT2D eigenvalue weighted by atomic mass is 16.1. The molecule has 0 aliphatic carbocycles. The summed E-state index contributed by atoms with van der Waals surface area (Å²) >= 11 is 0. The van der Waals surface area contributed by atoms with Crippen LogP contribution in [0.4, 0.5) is 5.69 Å². The molecule has 1 amide bonds. The molecule has 116 valence electrons. The fourth-order valence-electron chi connectivity index (χ4n) is 1.88. The molecular weight excluding hydrogens is 280 g/mol. The van der Waals surface area contributed by atoms with Crippen molar-refractivity contribution in [1.82, 2.24) is 15.5 Å². The predicted molar refractivity (Wildman–Crippen MR) is 86.9 cm³/mol. The summed E-state index contributed by atoms with van der Waals surface area (Å²) in [6, 6.07) is 9.60. The zero-order valence-corrected chi connectivity index (χ0v) is 12.5.